The van der Waals surface area contributed by atoms with Crippen LogP contribution in [0.2, 0.25) is 0 Å². The fraction of sp³-hybridized carbons (Fsp3) is 0.130. The van der Waals surface area contributed by atoms with Crippen LogP contribution in [-0.4, -0.2) is 9.91 Å². The highest BCUT2D eigenvalue weighted by molar-refractivity contribution is 7.81. The van der Waals surface area contributed by atoms with Gasteiger partial charge in [-0.15, -0.1) is 0 Å². The molecule has 0 aliphatic carbocycles. The van der Waals surface area contributed by atoms with Crippen molar-refractivity contribution in [1.82, 2.24) is 0 Å². The SMILES string of the molecule is CC(C)c1ccc(NC(=S)C(=C([O-])c2ccc([N+](=O)[O-])cc2)[n+]2ccccc2)cc1. The molecule has 0 fully saturated rings. The molecule has 0 radical (unpaired) electrons. The lowest BCUT2D eigenvalue weighted by atomic mass is 10.0. The van der Waals surface area contributed by atoms with Gasteiger partial charge in [-0.3, -0.25) is 10.1 Å². The van der Waals surface area contributed by atoms with Gasteiger partial charge in [0, 0.05) is 30.0 Å². The quantitative estimate of drug-likeness (QED) is 0.162. The fourth-order valence-electron chi connectivity index (χ4n) is 2.90. The molecule has 1 N–H and O–H groups in total. The van der Waals surface area contributed by atoms with Gasteiger partial charge >= 0.3 is 0 Å². The Hall–Kier alpha value is -3.58. The lowest BCUT2D eigenvalue weighted by Crippen LogP contribution is -2.39. The number of benzene rings is 2. The van der Waals surface area contributed by atoms with E-state index in [0.29, 0.717) is 11.5 Å². The highest BCUT2D eigenvalue weighted by Crippen LogP contribution is 2.21. The summed E-state index contributed by atoms with van der Waals surface area (Å²) >= 11 is 5.57. The summed E-state index contributed by atoms with van der Waals surface area (Å²) in [4.78, 5) is 10.6. The Labute approximate surface area is 180 Å². The maximum absolute atomic E-state index is 13.2. The largest absolute Gasteiger partial charge is 0.867 e. The highest BCUT2D eigenvalue weighted by atomic mass is 32.1. The van der Waals surface area contributed by atoms with E-state index in [1.54, 1.807) is 29.1 Å². The second-order valence-electron chi connectivity index (χ2n) is 7.00. The van der Waals surface area contributed by atoms with E-state index >= 15 is 0 Å². The minimum absolute atomic E-state index is 0.0774. The van der Waals surface area contributed by atoms with E-state index in [-0.39, 0.29) is 22.1 Å². The van der Waals surface area contributed by atoms with E-state index in [9.17, 15) is 15.2 Å². The van der Waals surface area contributed by atoms with Crippen LogP contribution in [0.1, 0.15) is 30.9 Å². The summed E-state index contributed by atoms with van der Waals surface area (Å²) in [6.45, 7) is 4.24. The molecule has 0 aliphatic heterocycles. The monoisotopic (exact) mass is 419 g/mol. The zero-order valence-corrected chi connectivity index (χ0v) is 17.4. The van der Waals surface area contributed by atoms with Crippen LogP contribution in [0.3, 0.4) is 0 Å². The second kappa shape index (κ2) is 9.28. The molecule has 152 valence electrons. The Bertz CT molecular complexity index is 1080. The Morgan fingerprint density at radius 3 is 2.13 bits per heavy atom. The van der Waals surface area contributed by atoms with Gasteiger partial charge in [-0.05, 0) is 47.1 Å². The number of aromatic nitrogens is 1. The van der Waals surface area contributed by atoms with Crippen molar-refractivity contribution < 1.29 is 14.6 Å². The molecule has 1 heterocycles. The molecule has 2 aromatic carbocycles. The van der Waals surface area contributed by atoms with Crippen LogP contribution in [0.4, 0.5) is 11.4 Å². The molecule has 0 bridgehead atoms. The average molecular weight is 420 g/mol. The lowest BCUT2D eigenvalue weighted by Gasteiger charge is -2.17. The van der Waals surface area contributed by atoms with E-state index in [0.717, 1.165) is 5.69 Å². The van der Waals surface area contributed by atoms with Gasteiger partial charge in [-0.1, -0.05) is 44.3 Å². The van der Waals surface area contributed by atoms with Gasteiger partial charge in [0.25, 0.3) is 5.69 Å². The molecule has 1 aromatic heterocycles. The summed E-state index contributed by atoms with van der Waals surface area (Å²) in [5, 5.41) is 27.3. The summed E-state index contributed by atoms with van der Waals surface area (Å²) in [6.07, 6.45) is 3.46. The maximum Gasteiger partial charge on any atom is 0.269 e. The van der Waals surface area contributed by atoms with Crippen LogP contribution in [0.15, 0.2) is 79.1 Å². The van der Waals surface area contributed by atoms with E-state index in [2.05, 4.69) is 19.2 Å². The topological polar surface area (TPSA) is 82.1 Å². The minimum Gasteiger partial charge on any atom is -0.867 e. The number of non-ortho nitro benzene ring substituents is 1. The molecule has 3 aromatic rings. The number of pyridine rings is 1. The van der Waals surface area contributed by atoms with Gasteiger partial charge in [-0.2, -0.15) is 4.57 Å². The van der Waals surface area contributed by atoms with Crippen molar-refractivity contribution >= 4 is 40.0 Å². The normalized spacial score (nSPS) is 11.7. The molecular weight excluding hydrogens is 398 g/mol. The van der Waals surface area contributed by atoms with Crippen molar-refractivity contribution in [2.24, 2.45) is 0 Å². The third-order valence-electron chi connectivity index (χ3n) is 4.58. The van der Waals surface area contributed by atoms with Crippen molar-refractivity contribution in [2.45, 2.75) is 19.8 Å². The summed E-state index contributed by atoms with van der Waals surface area (Å²) < 4.78 is 1.64. The van der Waals surface area contributed by atoms with Crippen molar-refractivity contribution in [2.75, 3.05) is 5.32 Å². The number of nitrogens with one attached hydrogen (secondary N) is 1. The maximum atomic E-state index is 13.2. The van der Waals surface area contributed by atoms with Gasteiger partial charge in [0.2, 0.25) is 5.70 Å². The van der Waals surface area contributed by atoms with Crippen LogP contribution in [-0.2, 0) is 0 Å². The van der Waals surface area contributed by atoms with Gasteiger partial charge in [0.15, 0.2) is 17.4 Å². The summed E-state index contributed by atoms with van der Waals surface area (Å²) in [7, 11) is 0. The van der Waals surface area contributed by atoms with Crippen LogP contribution >= 0.6 is 12.2 Å². The Morgan fingerprint density at radius 2 is 1.60 bits per heavy atom. The van der Waals surface area contributed by atoms with Crippen LogP contribution in [0, 0.1) is 10.1 Å². The third kappa shape index (κ3) is 4.87. The summed E-state index contributed by atoms with van der Waals surface area (Å²) in [5.41, 5.74) is 2.47. The number of nitrogens with zero attached hydrogens (tertiary/aromatic N) is 2. The molecule has 7 heteroatoms. The van der Waals surface area contributed by atoms with Crippen molar-refractivity contribution in [3.05, 3.63) is 100 Å². The molecule has 3 rings (SSSR count). The third-order valence-corrected chi connectivity index (χ3v) is 4.87. The molecule has 0 spiro atoms. The second-order valence-corrected chi connectivity index (χ2v) is 7.40. The van der Waals surface area contributed by atoms with Crippen molar-refractivity contribution in [1.29, 1.82) is 0 Å². The molecule has 0 amide bonds. The molecule has 30 heavy (non-hydrogen) atoms. The first kappa shape index (κ1) is 21.1. The number of hydrogen-bond donors (Lipinski definition) is 1. The Kier molecular flexibility index (Phi) is 6.54. The first-order valence-electron chi connectivity index (χ1n) is 9.41. The van der Waals surface area contributed by atoms with Crippen molar-refractivity contribution in [3.8, 4) is 0 Å². The lowest BCUT2D eigenvalue weighted by molar-refractivity contribution is -0.577. The van der Waals surface area contributed by atoms with Crippen LogP contribution in [0.5, 0.6) is 0 Å². The van der Waals surface area contributed by atoms with Gasteiger partial charge in [-0.25, -0.2) is 0 Å². The standard InChI is InChI=1S/C23H21N3O3S/c1-16(2)17-6-10-19(11-7-17)24-23(30)21(25-14-4-3-5-15-25)22(27)18-8-12-20(13-9-18)26(28)29/h3-16H,1-2H3,(H-,24,27,30). The Morgan fingerprint density at radius 1 is 1.00 bits per heavy atom. The number of hydrogen-bond acceptors (Lipinski definition) is 4. The van der Waals surface area contributed by atoms with E-state index in [1.165, 1.54) is 29.8 Å². The number of nitro groups is 1. The number of nitro benzene ring substituents is 1. The van der Waals surface area contributed by atoms with E-state index in [1.807, 2.05) is 30.3 Å². The zero-order chi connectivity index (χ0) is 21.7. The van der Waals surface area contributed by atoms with Gasteiger partial charge in [0.05, 0.1) is 4.92 Å². The van der Waals surface area contributed by atoms with Gasteiger partial charge < -0.3 is 10.4 Å². The first-order valence-corrected chi connectivity index (χ1v) is 9.81. The van der Waals surface area contributed by atoms with Gasteiger partial charge in [0.1, 0.15) is 0 Å². The average Bonchev–Trinajstić information content (AvgIpc) is 2.75. The molecule has 0 saturated heterocycles. The molecular formula is C23H21N3O3S. The summed E-state index contributed by atoms with van der Waals surface area (Å²) in [5.74, 6) is 0.0779. The fourth-order valence-corrected chi connectivity index (χ4v) is 3.21. The van der Waals surface area contributed by atoms with Crippen LogP contribution < -0.4 is 15.0 Å². The van der Waals surface area contributed by atoms with Crippen LogP contribution in [0.25, 0.3) is 11.5 Å². The predicted molar refractivity (Wildman–Crippen MR) is 120 cm³/mol. The van der Waals surface area contributed by atoms with E-state index in [4.69, 9.17) is 12.2 Å². The predicted octanol–water partition coefficient (Wildman–Crippen LogP) is 4.13. The number of anilines is 1. The molecule has 0 unspecified atom stereocenters. The first-order chi connectivity index (χ1) is 14.4. The summed E-state index contributed by atoms with van der Waals surface area (Å²) in [6, 6.07) is 18.8. The van der Waals surface area contributed by atoms with E-state index < -0.39 is 4.92 Å². The molecule has 0 saturated carbocycles. The Balaban J connectivity index is 1.98. The smallest absolute Gasteiger partial charge is 0.269 e. The minimum atomic E-state index is -0.502. The van der Waals surface area contributed by atoms with Crippen molar-refractivity contribution in [3.63, 3.8) is 0 Å². The molecule has 6 nitrogen and oxygen atoms in total. The molecule has 0 aliphatic rings. The number of thiocarbonyl (C=S) groups is 1. The number of rotatable bonds is 6. The molecule has 0 atom stereocenters. The zero-order valence-electron chi connectivity index (χ0n) is 16.6. The highest BCUT2D eigenvalue weighted by Gasteiger charge is 2.19.